The number of ketones is 1. The van der Waals surface area contributed by atoms with Crippen LogP contribution in [0.15, 0.2) is 42.2 Å². The first kappa shape index (κ1) is 14.8. The number of carbonyl (C=O) groups is 2. The molecule has 4 heteroatoms. The Balaban J connectivity index is 1.78. The van der Waals surface area contributed by atoms with Crippen LogP contribution in [0.1, 0.15) is 50.6 Å². The molecule has 1 spiro atoms. The highest BCUT2D eigenvalue weighted by Crippen LogP contribution is 2.41. The van der Waals surface area contributed by atoms with Gasteiger partial charge >= 0.3 is 0 Å². The number of hydrogen-bond acceptors (Lipinski definition) is 3. The highest BCUT2D eigenvalue weighted by molar-refractivity contribution is 6.14. The Kier molecular flexibility index (Phi) is 4.01. The van der Waals surface area contributed by atoms with Crippen LogP contribution >= 0.6 is 0 Å². The largest absolute Gasteiger partial charge is 0.365 e. The molecular formula is C18H22N2O2. The van der Waals surface area contributed by atoms with Crippen molar-refractivity contribution in [3.05, 3.63) is 47.8 Å². The summed E-state index contributed by atoms with van der Waals surface area (Å²) < 4.78 is 0. The second-order valence-electron chi connectivity index (χ2n) is 6.18. The van der Waals surface area contributed by atoms with E-state index in [-0.39, 0.29) is 17.7 Å². The monoisotopic (exact) mass is 298 g/mol. The molecule has 0 saturated heterocycles. The lowest BCUT2D eigenvalue weighted by atomic mass is 9.79. The Morgan fingerprint density at radius 3 is 2.45 bits per heavy atom. The van der Waals surface area contributed by atoms with Crippen molar-refractivity contribution in [2.24, 2.45) is 5.41 Å². The number of hydrogen-bond donors (Lipinski definition) is 2. The lowest BCUT2D eigenvalue weighted by Crippen LogP contribution is -2.50. The van der Waals surface area contributed by atoms with Crippen LogP contribution in [0.25, 0.3) is 0 Å². The van der Waals surface area contributed by atoms with Crippen molar-refractivity contribution in [1.29, 1.82) is 0 Å². The first-order valence-electron chi connectivity index (χ1n) is 8.05. The minimum absolute atomic E-state index is 0.0424. The molecule has 1 saturated carbocycles. The van der Waals surface area contributed by atoms with Gasteiger partial charge in [0.2, 0.25) is 5.91 Å². The summed E-state index contributed by atoms with van der Waals surface area (Å²) in [6, 6.07) is 10.1. The third kappa shape index (κ3) is 2.54. The molecule has 1 amide bonds. The maximum absolute atomic E-state index is 12.5. The highest BCUT2D eigenvalue weighted by Gasteiger charge is 2.49. The van der Waals surface area contributed by atoms with Gasteiger partial charge in [0.1, 0.15) is 11.2 Å². The van der Waals surface area contributed by atoms with Crippen molar-refractivity contribution < 1.29 is 9.59 Å². The van der Waals surface area contributed by atoms with E-state index in [1.54, 1.807) is 6.08 Å². The molecule has 1 atom stereocenters. The Labute approximate surface area is 131 Å². The molecule has 22 heavy (non-hydrogen) atoms. The maximum Gasteiger partial charge on any atom is 0.239 e. The summed E-state index contributed by atoms with van der Waals surface area (Å²) in [5.74, 6) is 0.352. The molecule has 0 aromatic heterocycles. The average Bonchev–Trinajstić information content (AvgIpc) is 3.02. The first-order chi connectivity index (χ1) is 10.7. The van der Waals surface area contributed by atoms with Crippen LogP contribution in [0.4, 0.5) is 0 Å². The molecule has 0 bridgehead atoms. The van der Waals surface area contributed by atoms with Gasteiger partial charge in [0.05, 0.1) is 6.04 Å². The number of nitrogens with one attached hydrogen (secondary N) is 2. The van der Waals surface area contributed by atoms with E-state index in [0.29, 0.717) is 18.7 Å². The van der Waals surface area contributed by atoms with Crippen LogP contribution in [0.2, 0.25) is 0 Å². The fourth-order valence-electron chi connectivity index (χ4n) is 3.48. The van der Waals surface area contributed by atoms with Gasteiger partial charge in [-0.25, -0.2) is 0 Å². The lowest BCUT2D eigenvalue weighted by molar-refractivity contribution is -0.140. The van der Waals surface area contributed by atoms with E-state index in [2.05, 4.69) is 17.6 Å². The molecule has 1 aromatic carbocycles. The van der Waals surface area contributed by atoms with Crippen LogP contribution in [-0.4, -0.2) is 11.7 Å². The summed E-state index contributed by atoms with van der Waals surface area (Å²) in [4.78, 5) is 24.9. The van der Waals surface area contributed by atoms with Crippen molar-refractivity contribution >= 4 is 11.7 Å². The molecule has 2 N–H and O–H groups in total. The standard InChI is InChI=1S/C18H22N2O2/c1-2-14(13-8-4-3-5-9-13)19-16-12-15(21)18(17(22)20-16)10-6-7-11-18/h3-5,8-9,12,14,19H,2,6-7,10-11H2,1H3,(H,20,22). The summed E-state index contributed by atoms with van der Waals surface area (Å²) in [6.45, 7) is 2.08. The molecule has 1 aliphatic carbocycles. The van der Waals surface area contributed by atoms with Gasteiger partial charge in [-0.3, -0.25) is 9.59 Å². The lowest BCUT2D eigenvalue weighted by Gasteiger charge is -2.31. The number of carbonyl (C=O) groups excluding carboxylic acids is 2. The number of amides is 1. The van der Waals surface area contributed by atoms with Crippen molar-refractivity contribution in [2.45, 2.75) is 45.1 Å². The average molecular weight is 298 g/mol. The second kappa shape index (κ2) is 5.95. The van der Waals surface area contributed by atoms with Gasteiger partial charge in [-0.15, -0.1) is 0 Å². The third-order valence-corrected chi connectivity index (χ3v) is 4.83. The van der Waals surface area contributed by atoms with Crippen LogP contribution in [0.5, 0.6) is 0 Å². The van der Waals surface area contributed by atoms with Crippen molar-refractivity contribution in [3.8, 4) is 0 Å². The van der Waals surface area contributed by atoms with E-state index in [0.717, 1.165) is 24.8 Å². The molecule has 3 rings (SSSR count). The van der Waals surface area contributed by atoms with Gasteiger partial charge in [-0.05, 0) is 24.8 Å². The summed E-state index contributed by atoms with van der Waals surface area (Å²) in [7, 11) is 0. The zero-order chi connectivity index (χ0) is 15.6. The van der Waals surface area contributed by atoms with Crippen LogP contribution in [-0.2, 0) is 9.59 Å². The van der Waals surface area contributed by atoms with E-state index in [1.165, 1.54) is 0 Å². The van der Waals surface area contributed by atoms with E-state index >= 15 is 0 Å². The number of rotatable bonds is 4. The fourth-order valence-corrected chi connectivity index (χ4v) is 3.48. The fraction of sp³-hybridized carbons (Fsp3) is 0.444. The summed E-state index contributed by atoms with van der Waals surface area (Å²) in [5.41, 5.74) is 0.355. The summed E-state index contributed by atoms with van der Waals surface area (Å²) >= 11 is 0. The van der Waals surface area contributed by atoms with Crippen molar-refractivity contribution in [2.75, 3.05) is 0 Å². The molecule has 1 unspecified atom stereocenters. The van der Waals surface area contributed by atoms with Crippen LogP contribution in [0.3, 0.4) is 0 Å². The Bertz CT molecular complexity index is 601. The summed E-state index contributed by atoms with van der Waals surface area (Å²) in [5, 5.41) is 6.20. The van der Waals surface area contributed by atoms with E-state index in [1.807, 2.05) is 30.3 Å². The Morgan fingerprint density at radius 2 is 1.86 bits per heavy atom. The van der Waals surface area contributed by atoms with Crippen LogP contribution < -0.4 is 10.6 Å². The van der Waals surface area contributed by atoms with Gasteiger partial charge in [0.25, 0.3) is 0 Å². The first-order valence-corrected chi connectivity index (χ1v) is 8.05. The molecule has 2 aliphatic rings. The molecule has 1 aliphatic heterocycles. The van der Waals surface area contributed by atoms with Crippen molar-refractivity contribution in [3.63, 3.8) is 0 Å². The van der Waals surface area contributed by atoms with Crippen LogP contribution in [0, 0.1) is 5.41 Å². The smallest absolute Gasteiger partial charge is 0.239 e. The highest BCUT2D eigenvalue weighted by atomic mass is 16.2. The van der Waals surface area contributed by atoms with Gasteiger partial charge in [0.15, 0.2) is 5.78 Å². The Morgan fingerprint density at radius 1 is 1.18 bits per heavy atom. The van der Waals surface area contributed by atoms with Gasteiger partial charge in [-0.2, -0.15) is 0 Å². The van der Waals surface area contributed by atoms with Crippen molar-refractivity contribution in [1.82, 2.24) is 10.6 Å². The molecular weight excluding hydrogens is 276 g/mol. The van der Waals surface area contributed by atoms with E-state index in [4.69, 9.17) is 0 Å². The van der Waals surface area contributed by atoms with E-state index in [9.17, 15) is 9.59 Å². The zero-order valence-corrected chi connectivity index (χ0v) is 12.9. The topological polar surface area (TPSA) is 58.2 Å². The normalized spacial score (nSPS) is 21.4. The predicted molar refractivity (Wildman–Crippen MR) is 84.7 cm³/mol. The van der Waals surface area contributed by atoms with E-state index < -0.39 is 5.41 Å². The molecule has 0 radical (unpaired) electrons. The molecule has 1 aromatic rings. The number of allylic oxidation sites excluding steroid dienone is 1. The van der Waals surface area contributed by atoms with Gasteiger partial charge in [-0.1, -0.05) is 50.1 Å². The zero-order valence-electron chi connectivity index (χ0n) is 12.9. The van der Waals surface area contributed by atoms with Gasteiger partial charge in [0, 0.05) is 6.08 Å². The molecule has 1 fully saturated rings. The van der Waals surface area contributed by atoms with Gasteiger partial charge < -0.3 is 10.6 Å². The minimum Gasteiger partial charge on any atom is -0.365 e. The minimum atomic E-state index is -0.792. The molecule has 1 heterocycles. The number of benzene rings is 1. The maximum atomic E-state index is 12.5. The molecule has 116 valence electrons. The second-order valence-corrected chi connectivity index (χ2v) is 6.18. The predicted octanol–water partition coefficient (Wildman–Crippen LogP) is 2.83. The molecule has 4 nitrogen and oxygen atoms in total. The Hall–Kier alpha value is -2.10. The third-order valence-electron chi connectivity index (χ3n) is 4.83. The summed E-state index contributed by atoms with van der Waals surface area (Å²) in [6.07, 6.45) is 5.72. The SMILES string of the molecule is CCC(NC1=CC(=O)C2(CCCC2)C(=O)N1)c1ccccc1. The quantitative estimate of drug-likeness (QED) is 0.840.